The van der Waals surface area contributed by atoms with E-state index < -0.39 is 0 Å². The van der Waals surface area contributed by atoms with Gasteiger partial charge >= 0.3 is 0 Å². The number of hydrogen-bond donors (Lipinski definition) is 0. The van der Waals surface area contributed by atoms with Gasteiger partial charge in [0.15, 0.2) is 0 Å². The van der Waals surface area contributed by atoms with Crippen LogP contribution in [-0.2, 0) is 6.54 Å². The van der Waals surface area contributed by atoms with Crippen LogP contribution in [0.2, 0.25) is 5.02 Å². The molecule has 1 saturated heterocycles. The summed E-state index contributed by atoms with van der Waals surface area (Å²) in [5, 5.41) is 8.92. The highest BCUT2D eigenvalue weighted by atomic mass is 35.5. The summed E-state index contributed by atoms with van der Waals surface area (Å²) >= 11 is 6.16. The molecule has 21 heavy (non-hydrogen) atoms. The maximum atomic E-state index is 6.16. The van der Waals surface area contributed by atoms with Gasteiger partial charge in [0, 0.05) is 13.1 Å². The summed E-state index contributed by atoms with van der Waals surface area (Å²) in [7, 11) is 0. The predicted molar refractivity (Wildman–Crippen MR) is 83.0 cm³/mol. The van der Waals surface area contributed by atoms with Crippen molar-refractivity contribution in [3.63, 3.8) is 0 Å². The molecular weight excluding hydrogens is 286 g/mol. The molecule has 1 aromatic carbocycles. The number of hydrogen-bond acceptors (Lipinski definition) is 4. The largest absolute Gasteiger partial charge is 0.419 e. The zero-order valence-corrected chi connectivity index (χ0v) is 13.2. The van der Waals surface area contributed by atoms with Crippen molar-refractivity contribution >= 4 is 11.6 Å². The number of nitrogens with zero attached hydrogens (tertiary/aromatic N) is 3. The minimum Gasteiger partial charge on any atom is -0.419 e. The molecule has 0 radical (unpaired) electrons. The molecule has 3 rings (SSSR count). The third-order valence-corrected chi connectivity index (χ3v) is 4.20. The van der Waals surface area contributed by atoms with Crippen LogP contribution in [0.25, 0.3) is 11.5 Å². The molecule has 0 bridgehead atoms. The van der Waals surface area contributed by atoms with E-state index in [1.807, 2.05) is 24.3 Å². The Morgan fingerprint density at radius 3 is 2.62 bits per heavy atom. The van der Waals surface area contributed by atoms with Crippen molar-refractivity contribution in [2.24, 2.45) is 11.8 Å². The average molecular weight is 306 g/mol. The van der Waals surface area contributed by atoms with E-state index in [0.717, 1.165) is 30.5 Å². The van der Waals surface area contributed by atoms with E-state index in [9.17, 15) is 0 Å². The first-order valence-electron chi connectivity index (χ1n) is 7.41. The van der Waals surface area contributed by atoms with Gasteiger partial charge < -0.3 is 4.42 Å². The number of piperidine rings is 1. The molecule has 4 nitrogen and oxygen atoms in total. The van der Waals surface area contributed by atoms with Crippen LogP contribution in [0, 0.1) is 11.8 Å². The number of aromatic nitrogens is 2. The summed E-state index contributed by atoms with van der Waals surface area (Å²) in [6.07, 6.45) is 1.30. The SMILES string of the molecule is CC1CC(C)CN(Cc2nnc(-c3ccccc3Cl)o2)C1. The van der Waals surface area contributed by atoms with Crippen molar-refractivity contribution < 1.29 is 4.42 Å². The van der Waals surface area contributed by atoms with Crippen LogP contribution in [0.5, 0.6) is 0 Å². The Kier molecular flexibility index (Phi) is 4.27. The van der Waals surface area contributed by atoms with Gasteiger partial charge in [-0.1, -0.05) is 37.6 Å². The lowest BCUT2D eigenvalue weighted by atomic mass is 9.92. The Labute approximate surface area is 130 Å². The molecule has 2 heterocycles. The molecule has 2 atom stereocenters. The Morgan fingerprint density at radius 2 is 1.90 bits per heavy atom. The van der Waals surface area contributed by atoms with Crippen molar-refractivity contribution in [1.82, 2.24) is 15.1 Å². The Bertz CT molecular complexity index is 603. The van der Waals surface area contributed by atoms with Crippen LogP contribution >= 0.6 is 11.6 Å². The Morgan fingerprint density at radius 1 is 1.19 bits per heavy atom. The summed E-state index contributed by atoms with van der Waals surface area (Å²) in [5.74, 6) is 2.60. The monoisotopic (exact) mass is 305 g/mol. The second-order valence-corrected chi connectivity index (χ2v) is 6.53. The summed E-state index contributed by atoms with van der Waals surface area (Å²) in [5.41, 5.74) is 0.790. The molecule has 0 saturated carbocycles. The molecule has 1 fully saturated rings. The highest BCUT2D eigenvalue weighted by Gasteiger charge is 2.23. The molecule has 5 heteroatoms. The van der Waals surface area contributed by atoms with E-state index in [0.29, 0.717) is 23.3 Å². The van der Waals surface area contributed by atoms with Gasteiger partial charge in [0.2, 0.25) is 11.8 Å². The van der Waals surface area contributed by atoms with Gasteiger partial charge in [-0.25, -0.2) is 0 Å². The van der Waals surface area contributed by atoms with Gasteiger partial charge in [-0.3, -0.25) is 4.90 Å². The van der Waals surface area contributed by atoms with Crippen molar-refractivity contribution in [3.05, 3.63) is 35.2 Å². The summed E-state index contributed by atoms with van der Waals surface area (Å²) in [4.78, 5) is 2.39. The summed E-state index contributed by atoms with van der Waals surface area (Å²) in [6.45, 7) is 7.49. The minimum absolute atomic E-state index is 0.494. The van der Waals surface area contributed by atoms with Crippen molar-refractivity contribution in [1.29, 1.82) is 0 Å². The minimum atomic E-state index is 0.494. The molecule has 0 N–H and O–H groups in total. The lowest BCUT2D eigenvalue weighted by Gasteiger charge is -2.33. The number of benzene rings is 1. The molecule has 1 aromatic heterocycles. The molecule has 1 aliphatic heterocycles. The van der Waals surface area contributed by atoms with Gasteiger partial charge in [-0.05, 0) is 30.4 Å². The molecule has 1 aliphatic rings. The van der Waals surface area contributed by atoms with E-state index in [1.165, 1.54) is 6.42 Å². The third-order valence-electron chi connectivity index (χ3n) is 3.87. The van der Waals surface area contributed by atoms with Gasteiger partial charge in [0.25, 0.3) is 0 Å². The quantitative estimate of drug-likeness (QED) is 0.863. The zero-order chi connectivity index (χ0) is 14.8. The molecular formula is C16H20ClN3O. The van der Waals surface area contributed by atoms with Crippen molar-refractivity contribution in [2.75, 3.05) is 13.1 Å². The van der Waals surface area contributed by atoms with E-state index in [-0.39, 0.29) is 0 Å². The Balaban J connectivity index is 1.72. The molecule has 0 aliphatic carbocycles. The van der Waals surface area contributed by atoms with Gasteiger partial charge in [0.1, 0.15) is 0 Å². The third kappa shape index (κ3) is 3.44. The number of halogens is 1. The predicted octanol–water partition coefficient (Wildman–Crippen LogP) is 3.87. The number of rotatable bonds is 3. The lowest BCUT2D eigenvalue weighted by Crippen LogP contribution is -2.38. The van der Waals surface area contributed by atoms with Crippen molar-refractivity contribution in [2.45, 2.75) is 26.8 Å². The van der Waals surface area contributed by atoms with Gasteiger partial charge in [-0.15, -0.1) is 10.2 Å². The van der Waals surface area contributed by atoms with E-state index in [4.69, 9.17) is 16.0 Å². The normalized spacial score (nSPS) is 23.4. The standard InChI is InChI=1S/C16H20ClN3O/c1-11-7-12(2)9-20(8-11)10-15-18-19-16(21-15)13-5-3-4-6-14(13)17/h3-6,11-12H,7-10H2,1-2H3. The van der Waals surface area contributed by atoms with E-state index in [1.54, 1.807) is 0 Å². The average Bonchev–Trinajstić information content (AvgIpc) is 2.86. The fourth-order valence-electron chi connectivity index (χ4n) is 3.17. The molecule has 2 unspecified atom stereocenters. The van der Waals surface area contributed by atoms with Crippen LogP contribution < -0.4 is 0 Å². The topological polar surface area (TPSA) is 42.2 Å². The number of likely N-dealkylation sites (tertiary alicyclic amines) is 1. The maximum absolute atomic E-state index is 6.16. The second-order valence-electron chi connectivity index (χ2n) is 6.12. The molecule has 2 aromatic rings. The molecule has 0 spiro atoms. The van der Waals surface area contributed by atoms with Crippen LogP contribution in [-0.4, -0.2) is 28.2 Å². The van der Waals surface area contributed by atoms with Gasteiger partial charge in [-0.2, -0.15) is 0 Å². The van der Waals surface area contributed by atoms with Crippen molar-refractivity contribution in [3.8, 4) is 11.5 Å². The summed E-state index contributed by atoms with van der Waals surface area (Å²) in [6, 6.07) is 7.53. The van der Waals surface area contributed by atoms with Crippen LogP contribution in [0.15, 0.2) is 28.7 Å². The first-order chi connectivity index (χ1) is 10.1. The Hall–Kier alpha value is -1.39. The highest BCUT2D eigenvalue weighted by molar-refractivity contribution is 6.33. The van der Waals surface area contributed by atoms with Gasteiger partial charge in [0.05, 0.1) is 17.1 Å². The maximum Gasteiger partial charge on any atom is 0.249 e. The zero-order valence-electron chi connectivity index (χ0n) is 12.4. The van der Waals surface area contributed by atoms with Crippen LogP contribution in [0.4, 0.5) is 0 Å². The summed E-state index contributed by atoms with van der Waals surface area (Å²) < 4.78 is 5.78. The van der Waals surface area contributed by atoms with E-state index >= 15 is 0 Å². The second kappa shape index (κ2) is 6.16. The first kappa shape index (κ1) is 14.5. The fourth-order valence-corrected chi connectivity index (χ4v) is 3.39. The fraction of sp³-hybridized carbons (Fsp3) is 0.500. The van der Waals surface area contributed by atoms with Crippen LogP contribution in [0.1, 0.15) is 26.2 Å². The molecule has 112 valence electrons. The first-order valence-corrected chi connectivity index (χ1v) is 7.79. The molecule has 0 amide bonds. The highest BCUT2D eigenvalue weighted by Crippen LogP contribution is 2.27. The lowest BCUT2D eigenvalue weighted by molar-refractivity contribution is 0.124. The smallest absolute Gasteiger partial charge is 0.249 e. The van der Waals surface area contributed by atoms with Crippen LogP contribution in [0.3, 0.4) is 0 Å². The van der Waals surface area contributed by atoms with E-state index in [2.05, 4.69) is 28.9 Å².